The summed E-state index contributed by atoms with van der Waals surface area (Å²) in [6.45, 7) is 4.17. The first-order valence-electron chi connectivity index (χ1n) is 9.31. The van der Waals surface area contributed by atoms with Crippen LogP contribution >= 0.6 is 0 Å². The predicted octanol–water partition coefficient (Wildman–Crippen LogP) is 3.83. The lowest BCUT2D eigenvalue weighted by atomic mass is 9.95. The lowest BCUT2D eigenvalue weighted by Gasteiger charge is -2.38. The van der Waals surface area contributed by atoms with Gasteiger partial charge in [0.05, 0.1) is 5.56 Å². The molecule has 0 atom stereocenters. The van der Waals surface area contributed by atoms with Crippen molar-refractivity contribution in [2.75, 3.05) is 32.8 Å². The molecule has 1 N–H and O–H groups in total. The smallest absolute Gasteiger partial charge is 0.381 e. The molecule has 0 amide bonds. The summed E-state index contributed by atoms with van der Waals surface area (Å²) >= 11 is 0. The molecule has 2 heterocycles. The zero-order valence-electron chi connectivity index (χ0n) is 14.8. The molecule has 0 aliphatic carbocycles. The third-order valence-corrected chi connectivity index (χ3v) is 5.41. The number of hydrogen-bond acceptors (Lipinski definition) is 3. The number of nitrogens with zero attached hydrogens (tertiary/aromatic N) is 1. The third-order valence-electron chi connectivity index (χ3n) is 5.41. The molecule has 0 spiro atoms. The lowest BCUT2D eigenvalue weighted by molar-refractivity contribution is -0.138. The van der Waals surface area contributed by atoms with E-state index in [0.29, 0.717) is 12.0 Å². The zero-order chi connectivity index (χ0) is 18.6. The van der Waals surface area contributed by atoms with Crippen LogP contribution in [0.2, 0.25) is 0 Å². The predicted molar refractivity (Wildman–Crippen MR) is 91.2 cm³/mol. The summed E-state index contributed by atoms with van der Waals surface area (Å²) in [6.07, 6.45) is -0.818. The highest BCUT2D eigenvalue weighted by molar-refractivity contribution is 5.30. The van der Waals surface area contributed by atoms with Crippen LogP contribution in [0.5, 0.6) is 0 Å². The van der Waals surface area contributed by atoms with Crippen LogP contribution in [-0.2, 0) is 17.5 Å². The minimum Gasteiger partial charge on any atom is -0.381 e. The Kier molecular flexibility index (Phi) is 6.53. The van der Waals surface area contributed by atoms with Crippen LogP contribution in [0.3, 0.4) is 0 Å². The number of hydrogen-bond donors (Lipinski definition) is 1. The minimum absolute atomic E-state index is 0.157. The maximum atomic E-state index is 13.4. The molecule has 0 unspecified atom stereocenters. The van der Waals surface area contributed by atoms with Gasteiger partial charge in [0, 0.05) is 32.3 Å². The molecule has 3 rings (SSSR count). The Morgan fingerprint density at radius 3 is 2.42 bits per heavy atom. The van der Waals surface area contributed by atoms with Gasteiger partial charge in [-0.25, -0.2) is 4.39 Å². The Morgan fingerprint density at radius 1 is 1.08 bits per heavy atom. The molecule has 2 saturated heterocycles. The van der Waals surface area contributed by atoms with Crippen molar-refractivity contribution in [2.24, 2.45) is 5.92 Å². The SMILES string of the molecule is Fc1ccc(CN(CC2CCOCC2)C2CCNCC2)c(C(F)(F)F)c1. The van der Waals surface area contributed by atoms with E-state index in [1.165, 1.54) is 6.07 Å². The molecule has 26 heavy (non-hydrogen) atoms. The molecule has 1 aromatic rings. The summed E-state index contributed by atoms with van der Waals surface area (Å²) in [6, 6.07) is 3.28. The second-order valence-corrected chi connectivity index (χ2v) is 7.27. The van der Waals surface area contributed by atoms with Gasteiger partial charge in [0.1, 0.15) is 5.82 Å². The lowest BCUT2D eigenvalue weighted by Crippen LogP contribution is -2.45. The largest absolute Gasteiger partial charge is 0.416 e. The van der Waals surface area contributed by atoms with Crippen molar-refractivity contribution in [2.45, 2.75) is 44.4 Å². The van der Waals surface area contributed by atoms with Crippen molar-refractivity contribution in [1.29, 1.82) is 0 Å². The average molecular weight is 374 g/mol. The Morgan fingerprint density at radius 2 is 1.77 bits per heavy atom. The molecule has 7 heteroatoms. The third kappa shape index (κ3) is 5.18. The number of rotatable bonds is 5. The Labute approximate surface area is 151 Å². The number of piperidine rings is 1. The molecular weight excluding hydrogens is 348 g/mol. The van der Waals surface area contributed by atoms with Gasteiger partial charge in [-0.1, -0.05) is 6.07 Å². The molecule has 0 bridgehead atoms. The fourth-order valence-electron chi connectivity index (χ4n) is 3.94. The van der Waals surface area contributed by atoms with E-state index in [-0.39, 0.29) is 18.2 Å². The zero-order valence-corrected chi connectivity index (χ0v) is 14.8. The first kappa shape index (κ1) is 19.6. The molecule has 0 radical (unpaired) electrons. The van der Waals surface area contributed by atoms with Gasteiger partial charge in [-0.15, -0.1) is 0 Å². The van der Waals surface area contributed by atoms with Gasteiger partial charge in [0.25, 0.3) is 0 Å². The van der Waals surface area contributed by atoms with Crippen LogP contribution in [0.1, 0.15) is 36.8 Å². The maximum Gasteiger partial charge on any atom is 0.416 e. The average Bonchev–Trinajstić information content (AvgIpc) is 2.63. The van der Waals surface area contributed by atoms with Crippen molar-refractivity contribution in [3.63, 3.8) is 0 Å². The molecule has 2 fully saturated rings. The van der Waals surface area contributed by atoms with Crippen LogP contribution in [0.25, 0.3) is 0 Å². The van der Waals surface area contributed by atoms with Gasteiger partial charge < -0.3 is 10.1 Å². The summed E-state index contributed by atoms with van der Waals surface area (Å²) in [5.74, 6) is -0.410. The highest BCUT2D eigenvalue weighted by atomic mass is 19.4. The quantitative estimate of drug-likeness (QED) is 0.793. The monoisotopic (exact) mass is 374 g/mol. The number of nitrogens with one attached hydrogen (secondary N) is 1. The van der Waals surface area contributed by atoms with Gasteiger partial charge in [-0.05, 0) is 62.4 Å². The summed E-state index contributed by atoms with van der Waals surface area (Å²) < 4.78 is 58.9. The topological polar surface area (TPSA) is 24.5 Å². The van der Waals surface area contributed by atoms with Crippen LogP contribution in [0.15, 0.2) is 18.2 Å². The molecule has 2 aliphatic rings. The molecule has 0 aromatic heterocycles. The van der Waals surface area contributed by atoms with Crippen molar-refractivity contribution in [1.82, 2.24) is 10.2 Å². The Balaban J connectivity index is 1.80. The summed E-state index contributed by atoms with van der Waals surface area (Å²) in [5.41, 5.74) is -0.701. The van der Waals surface area contributed by atoms with Gasteiger partial charge in [0.15, 0.2) is 0 Å². The summed E-state index contributed by atoms with van der Waals surface area (Å²) in [7, 11) is 0. The van der Waals surface area contributed by atoms with E-state index in [9.17, 15) is 17.6 Å². The maximum absolute atomic E-state index is 13.4. The molecule has 0 saturated carbocycles. The fraction of sp³-hybridized carbons (Fsp3) is 0.684. The van der Waals surface area contributed by atoms with Gasteiger partial charge >= 0.3 is 6.18 Å². The van der Waals surface area contributed by atoms with Crippen LogP contribution in [0, 0.1) is 11.7 Å². The second kappa shape index (κ2) is 8.67. The van der Waals surface area contributed by atoms with Crippen LogP contribution < -0.4 is 5.32 Å². The van der Waals surface area contributed by atoms with Crippen molar-refractivity contribution < 1.29 is 22.3 Å². The van der Waals surface area contributed by atoms with E-state index in [1.54, 1.807) is 0 Å². The highest BCUT2D eigenvalue weighted by Crippen LogP contribution is 2.34. The Hall–Kier alpha value is -1.18. The van der Waals surface area contributed by atoms with Gasteiger partial charge in [-0.2, -0.15) is 13.2 Å². The van der Waals surface area contributed by atoms with Crippen molar-refractivity contribution >= 4 is 0 Å². The first-order chi connectivity index (χ1) is 12.4. The molecule has 3 nitrogen and oxygen atoms in total. The molecular formula is C19H26F4N2O. The van der Waals surface area contributed by atoms with E-state index in [4.69, 9.17) is 4.74 Å². The van der Waals surface area contributed by atoms with E-state index in [1.807, 2.05) is 0 Å². The fourth-order valence-corrected chi connectivity index (χ4v) is 3.94. The van der Waals surface area contributed by atoms with Crippen LogP contribution in [0.4, 0.5) is 17.6 Å². The van der Waals surface area contributed by atoms with Crippen molar-refractivity contribution in [3.8, 4) is 0 Å². The number of alkyl halides is 3. The molecule has 146 valence electrons. The highest BCUT2D eigenvalue weighted by Gasteiger charge is 2.35. The number of benzene rings is 1. The van der Waals surface area contributed by atoms with E-state index in [0.717, 1.165) is 64.6 Å². The molecule has 2 aliphatic heterocycles. The van der Waals surface area contributed by atoms with E-state index in [2.05, 4.69) is 10.2 Å². The first-order valence-corrected chi connectivity index (χ1v) is 9.31. The summed E-state index contributed by atoms with van der Waals surface area (Å²) in [5, 5.41) is 3.30. The molecule has 1 aromatic carbocycles. The second-order valence-electron chi connectivity index (χ2n) is 7.27. The van der Waals surface area contributed by atoms with E-state index >= 15 is 0 Å². The Bertz CT molecular complexity index is 581. The minimum atomic E-state index is -4.55. The van der Waals surface area contributed by atoms with Crippen molar-refractivity contribution in [3.05, 3.63) is 35.1 Å². The number of ether oxygens (including phenoxy) is 1. The van der Waals surface area contributed by atoms with Gasteiger partial charge in [-0.3, -0.25) is 4.90 Å². The standard InChI is InChI=1S/C19H26F4N2O/c20-16-2-1-15(18(11-16)19(21,22)23)13-25(17-3-7-24-8-4-17)12-14-5-9-26-10-6-14/h1-2,11,14,17,24H,3-10,12-13H2. The summed E-state index contributed by atoms with van der Waals surface area (Å²) in [4.78, 5) is 2.18. The van der Waals surface area contributed by atoms with Gasteiger partial charge in [0.2, 0.25) is 0 Å². The number of halogens is 4. The normalized spacial score (nSPS) is 20.7. The van der Waals surface area contributed by atoms with Crippen LogP contribution in [-0.4, -0.2) is 43.8 Å². The van der Waals surface area contributed by atoms with E-state index < -0.39 is 17.6 Å².